The molecule has 1 atom stereocenters. The van der Waals surface area contributed by atoms with Crippen molar-refractivity contribution in [3.05, 3.63) is 136 Å². The summed E-state index contributed by atoms with van der Waals surface area (Å²) in [6.45, 7) is 4.06. The second-order valence-corrected chi connectivity index (χ2v) is 9.77. The van der Waals surface area contributed by atoms with Crippen molar-refractivity contribution < 1.29 is 13.6 Å². The average Bonchev–Trinajstić information content (AvgIpc) is 2.99. The summed E-state index contributed by atoms with van der Waals surface area (Å²) in [4.78, 5) is 34.2. The molecule has 208 valence electrons. The Hall–Kier alpha value is -4.85. The predicted molar refractivity (Wildman–Crippen MR) is 157 cm³/mol. The number of nitrogens with one attached hydrogen (secondary N) is 1. The first-order valence-corrected chi connectivity index (χ1v) is 13.5. The summed E-state index contributed by atoms with van der Waals surface area (Å²) in [6, 6.07) is 26.1. The summed E-state index contributed by atoms with van der Waals surface area (Å²) in [5.74, 6) is -1.25. The molecule has 0 aliphatic heterocycles. The van der Waals surface area contributed by atoms with Crippen LogP contribution in [0.25, 0.3) is 16.6 Å². The first-order chi connectivity index (χ1) is 19.9. The van der Waals surface area contributed by atoms with Crippen LogP contribution in [-0.2, 0) is 12.8 Å². The lowest BCUT2D eigenvalue weighted by Gasteiger charge is -2.31. The summed E-state index contributed by atoms with van der Waals surface area (Å²) in [5.41, 5.74) is 2.77. The third-order valence-corrected chi connectivity index (χ3v) is 7.17. The van der Waals surface area contributed by atoms with E-state index >= 15 is 0 Å². The number of nitrogens with zero attached hydrogens (tertiary/aromatic N) is 3. The number of urea groups is 1. The molecule has 1 aromatic heterocycles. The minimum absolute atomic E-state index is 0.145. The number of aromatic nitrogens is 2. The van der Waals surface area contributed by atoms with Crippen LogP contribution in [0.3, 0.4) is 0 Å². The number of benzene rings is 4. The molecule has 6 nitrogen and oxygen atoms in total. The standard InChI is InChI=1S/C33H30F2N4O2/c1-3-24-13-7-10-16-30(24)39-31(36-28-15-9-8-14-26(28)32(39)40)22(2)38(20-19-23-11-5-4-6-12-23)33(41)37-29-18-17-25(34)21-27(29)35/h4-18,21-22H,3,19-20H2,1-2H3,(H,37,41). The maximum atomic E-state index is 14.5. The Bertz CT molecular complexity index is 1750. The van der Waals surface area contributed by atoms with Crippen molar-refractivity contribution in [2.45, 2.75) is 32.7 Å². The molecule has 1 heterocycles. The minimum Gasteiger partial charge on any atom is -0.314 e. The van der Waals surface area contributed by atoms with Crippen LogP contribution in [-0.4, -0.2) is 27.0 Å². The number of rotatable bonds is 8. The van der Waals surface area contributed by atoms with Crippen LogP contribution >= 0.6 is 0 Å². The van der Waals surface area contributed by atoms with E-state index in [-0.39, 0.29) is 17.8 Å². The molecule has 8 heteroatoms. The van der Waals surface area contributed by atoms with E-state index in [0.717, 1.165) is 23.3 Å². The van der Waals surface area contributed by atoms with Gasteiger partial charge in [-0.25, -0.2) is 18.6 Å². The number of carbonyl (C=O) groups excluding carboxylic acids is 1. The highest BCUT2D eigenvalue weighted by Gasteiger charge is 2.28. The van der Waals surface area contributed by atoms with Gasteiger partial charge in [-0.3, -0.25) is 9.36 Å². The Morgan fingerprint density at radius 1 is 0.951 bits per heavy atom. The van der Waals surface area contributed by atoms with Gasteiger partial charge in [-0.15, -0.1) is 0 Å². The molecule has 2 amide bonds. The molecular formula is C33H30F2N4O2. The number of hydrogen-bond donors (Lipinski definition) is 1. The normalized spacial score (nSPS) is 11.8. The van der Waals surface area contributed by atoms with E-state index in [1.807, 2.05) is 67.6 Å². The Kier molecular flexibility index (Phi) is 8.19. The molecule has 0 aliphatic carbocycles. The highest BCUT2D eigenvalue weighted by atomic mass is 19.1. The van der Waals surface area contributed by atoms with Gasteiger partial charge in [0.1, 0.15) is 17.5 Å². The molecule has 0 fully saturated rings. The second-order valence-electron chi connectivity index (χ2n) is 9.77. The third-order valence-electron chi connectivity index (χ3n) is 7.17. The summed E-state index contributed by atoms with van der Waals surface area (Å²) >= 11 is 0. The molecular weight excluding hydrogens is 522 g/mol. The van der Waals surface area contributed by atoms with E-state index in [9.17, 15) is 18.4 Å². The van der Waals surface area contributed by atoms with E-state index < -0.39 is 23.7 Å². The van der Waals surface area contributed by atoms with Gasteiger partial charge in [-0.05, 0) is 61.2 Å². The summed E-state index contributed by atoms with van der Waals surface area (Å²) < 4.78 is 29.6. The molecule has 5 aromatic rings. The van der Waals surface area contributed by atoms with Crippen LogP contribution in [0.5, 0.6) is 0 Å². The molecule has 5 rings (SSSR count). The van der Waals surface area contributed by atoms with Crippen molar-refractivity contribution in [3.8, 4) is 5.69 Å². The van der Waals surface area contributed by atoms with Crippen molar-refractivity contribution in [1.82, 2.24) is 14.5 Å². The minimum atomic E-state index is -0.883. The molecule has 0 saturated carbocycles. The molecule has 1 N–H and O–H groups in total. The van der Waals surface area contributed by atoms with Crippen molar-refractivity contribution in [2.24, 2.45) is 0 Å². The van der Waals surface area contributed by atoms with Crippen LogP contribution in [0.4, 0.5) is 19.3 Å². The fraction of sp³-hybridized carbons (Fsp3) is 0.182. The monoisotopic (exact) mass is 552 g/mol. The lowest BCUT2D eigenvalue weighted by molar-refractivity contribution is 0.190. The van der Waals surface area contributed by atoms with Crippen LogP contribution in [0.1, 0.15) is 36.8 Å². The second kappa shape index (κ2) is 12.1. The first-order valence-electron chi connectivity index (χ1n) is 13.5. The van der Waals surface area contributed by atoms with Gasteiger partial charge in [-0.2, -0.15) is 0 Å². The predicted octanol–water partition coefficient (Wildman–Crippen LogP) is 7.06. The van der Waals surface area contributed by atoms with Crippen LogP contribution in [0.2, 0.25) is 0 Å². The lowest BCUT2D eigenvalue weighted by Crippen LogP contribution is -2.41. The first kappa shape index (κ1) is 27.7. The SMILES string of the molecule is CCc1ccccc1-n1c(C(C)N(CCc2ccccc2)C(=O)Nc2ccc(F)cc2F)nc2ccccc2c1=O. The highest BCUT2D eigenvalue weighted by molar-refractivity contribution is 5.89. The van der Waals surface area contributed by atoms with Crippen molar-refractivity contribution >= 4 is 22.6 Å². The van der Waals surface area contributed by atoms with Gasteiger partial charge >= 0.3 is 6.03 Å². The van der Waals surface area contributed by atoms with Gasteiger partial charge in [0.15, 0.2) is 0 Å². The van der Waals surface area contributed by atoms with E-state index in [1.165, 1.54) is 11.0 Å². The fourth-order valence-corrected chi connectivity index (χ4v) is 4.97. The highest BCUT2D eigenvalue weighted by Crippen LogP contribution is 2.26. The Balaban J connectivity index is 1.63. The van der Waals surface area contributed by atoms with E-state index in [1.54, 1.807) is 29.7 Å². The lowest BCUT2D eigenvalue weighted by atomic mass is 10.1. The van der Waals surface area contributed by atoms with Gasteiger partial charge in [-0.1, -0.05) is 67.6 Å². The molecule has 4 aromatic carbocycles. The van der Waals surface area contributed by atoms with Crippen LogP contribution < -0.4 is 10.9 Å². The number of carbonyl (C=O) groups is 1. The van der Waals surface area contributed by atoms with Crippen molar-refractivity contribution in [2.75, 3.05) is 11.9 Å². The van der Waals surface area contributed by atoms with E-state index in [4.69, 9.17) is 4.98 Å². The zero-order valence-corrected chi connectivity index (χ0v) is 22.9. The third kappa shape index (κ3) is 5.87. The van der Waals surface area contributed by atoms with Gasteiger partial charge in [0.05, 0.1) is 28.3 Å². The number of aryl methyl sites for hydroxylation is 1. The number of hydrogen-bond acceptors (Lipinski definition) is 3. The molecule has 0 aliphatic rings. The zero-order chi connectivity index (χ0) is 28.9. The van der Waals surface area contributed by atoms with E-state index in [0.29, 0.717) is 35.3 Å². The van der Waals surface area contributed by atoms with Gasteiger partial charge in [0, 0.05) is 12.6 Å². The number of halogens is 2. The largest absolute Gasteiger partial charge is 0.322 e. The van der Waals surface area contributed by atoms with Gasteiger partial charge in [0.2, 0.25) is 0 Å². The Labute approximate surface area is 236 Å². The fourth-order valence-electron chi connectivity index (χ4n) is 4.97. The molecule has 41 heavy (non-hydrogen) atoms. The summed E-state index contributed by atoms with van der Waals surface area (Å²) in [5, 5.41) is 3.05. The number of fused-ring (bicyclic) bond motifs is 1. The smallest absolute Gasteiger partial charge is 0.314 e. The Morgan fingerprint density at radius 3 is 2.41 bits per heavy atom. The van der Waals surface area contributed by atoms with Gasteiger partial charge in [0.25, 0.3) is 5.56 Å². The average molecular weight is 553 g/mol. The molecule has 0 radical (unpaired) electrons. The van der Waals surface area contributed by atoms with Crippen LogP contribution in [0.15, 0.2) is 102 Å². The van der Waals surface area contributed by atoms with Crippen molar-refractivity contribution in [3.63, 3.8) is 0 Å². The summed E-state index contributed by atoms with van der Waals surface area (Å²) in [6.07, 6.45) is 1.19. The number of para-hydroxylation sites is 2. The Morgan fingerprint density at radius 2 is 1.66 bits per heavy atom. The maximum absolute atomic E-state index is 14.5. The van der Waals surface area contributed by atoms with Gasteiger partial charge < -0.3 is 10.2 Å². The number of anilines is 1. The zero-order valence-electron chi connectivity index (χ0n) is 22.9. The van der Waals surface area contributed by atoms with E-state index in [2.05, 4.69) is 5.32 Å². The quantitative estimate of drug-likeness (QED) is 0.224. The topological polar surface area (TPSA) is 67.2 Å². The molecule has 0 bridgehead atoms. The molecule has 0 spiro atoms. The number of amides is 2. The van der Waals surface area contributed by atoms with Crippen LogP contribution in [0, 0.1) is 11.6 Å². The molecule has 1 unspecified atom stereocenters. The van der Waals surface area contributed by atoms with Crippen molar-refractivity contribution in [1.29, 1.82) is 0 Å². The molecule has 0 saturated heterocycles. The maximum Gasteiger partial charge on any atom is 0.322 e. The summed E-state index contributed by atoms with van der Waals surface area (Å²) in [7, 11) is 0.